The molecule has 1 aliphatic heterocycles. The van der Waals surface area contributed by atoms with Crippen molar-refractivity contribution in [3.63, 3.8) is 0 Å². The summed E-state index contributed by atoms with van der Waals surface area (Å²) in [5.41, 5.74) is 1.06. The van der Waals surface area contributed by atoms with Gasteiger partial charge in [-0.3, -0.25) is 4.79 Å². The molecular weight excluding hydrogens is 220 g/mol. The van der Waals surface area contributed by atoms with Crippen molar-refractivity contribution >= 4 is 17.3 Å². The van der Waals surface area contributed by atoms with Gasteiger partial charge >= 0.3 is 0 Å². The third-order valence-corrected chi connectivity index (χ3v) is 1.90. The van der Waals surface area contributed by atoms with Crippen LogP contribution in [0.25, 0.3) is 0 Å². The third-order valence-electron chi connectivity index (χ3n) is 1.20. The quantitative estimate of drug-likeness (QED) is 0.791. The molecule has 0 aromatic carbocycles. The van der Waals surface area contributed by atoms with Crippen LogP contribution < -0.4 is 0 Å². The predicted octanol–water partition coefficient (Wildman–Crippen LogP) is 1.85. The lowest BCUT2D eigenvalue weighted by molar-refractivity contribution is -0.134. The summed E-state index contributed by atoms with van der Waals surface area (Å²) in [6.07, 6.45) is -0.175. The summed E-state index contributed by atoms with van der Waals surface area (Å²) >= 11 is 1.62. The minimum Gasteiger partial charge on any atom is -0.481 e. The highest BCUT2D eigenvalue weighted by Crippen LogP contribution is 2.25. The second-order valence-corrected chi connectivity index (χ2v) is 3.14. The lowest BCUT2D eigenvalue weighted by atomic mass is 10.3. The highest BCUT2D eigenvalue weighted by Gasteiger charge is 2.11. The topological polar surface area (TPSA) is 118 Å². The van der Waals surface area contributed by atoms with Gasteiger partial charge in [0.1, 0.15) is 0 Å². The molecule has 3 N–H and O–H groups in total. The van der Waals surface area contributed by atoms with E-state index >= 15 is 0 Å². The molecule has 1 aromatic rings. The van der Waals surface area contributed by atoms with Crippen molar-refractivity contribution < 1.29 is 15.4 Å². The SMILES string of the molecule is CC(=O)O.O.c1cc(C2N=NN=N2)cs1. The van der Waals surface area contributed by atoms with Crippen LogP contribution in [0.2, 0.25) is 0 Å². The second kappa shape index (κ2) is 6.74. The molecule has 0 saturated carbocycles. The number of aliphatic carboxylic acids is 1. The third kappa shape index (κ3) is 4.93. The molecule has 0 aliphatic carbocycles. The van der Waals surface area contributed by atoms with Crippen LogP contribution in [-0.2, 0) is 4.79 Å². The molecule has 2 rings (SSSR count). The molecule has 2 heterocycles. The van der Waals surface area contributed by atoms with E-state index in [1.165, 1.54) is 0 Å². The standard InChI is InChI=1S/C5H4N4S.C2H4O2.H2O/c1-2-10-3-4(1)5-6-8-9-7-5;1-2(3)4;/h1-3,5H;1H3,(H,3,4);1H2. The lowest BCUT2D eigenvalue weighted by Gasteiger charge is -1.92. The molecule has 15 heavy (non-hydrogen) atoms. The maximum absolute atomic E-state index is 9.00. The van der Waals surface area contributed by atoms with E-state index in [9.17, 15) is 0 Å². The largest absolute Gasteiger partial charge is 0.481 e. The average Bonchev–Trinajstić information content (AvgIpc) is 2.76. The Morgan fingerprint density at radius 3 is 2.40 bits per heavy atom. The Morgan fingerprint density at radius 2 is 2.00 bits per heavy atom. The number of carboxylic acids is 1. The number of thiophene rings is 1. The number of carbonyl (C=O) groups is 1. The van der Waals surface area contributed by atoms with Crippen molar-refractivity contribution in [3.05, 3.63) is 22.4 Å². The van der Waals surface area contributed by atoms with Crippen LogP contribution in [0.1, 0.15) is 18.7 Å². The molecule has 8 heteroatoms. The maximum Gasteiger partial charge on any atom is 0.300 e. The predicted molar refractivity (Wildman–Crippen MR) is 53.7 cm³/mol. The van der Waals surface area contributed by atoms with E-state index < -0.39 is 5.97 Å². The van der Waals surface area contributed by atoms with Gasteiger partial charge in [-0.1, -0.05) is 0 Å². The molecule has 0 atom stereocenters. The van der Waals surface area contributed by atoms with Gasteiger partial charge in [0.05, 0.1) is 0 Å². The van der Waals surface area contributed by atoms with Gasteiger partial charge in [-0.05, 0) is 27.3 Å². The Balaban J connectivity index is 0.000000346. The molecule has 0 amide bonds. The molecule has 0 radical (unpaired) electrons. The molecule has 0 spiro atoms. The van der Waals surface area contributed by atoms with Gasteiger partial charge in [-0.25, -0.2) is 0 Å². The highest BCUT2D eigenvalue weighted by atomic mass is 32.1. The minimum absolute atomic E-state index is 0. The Labute approximate surface area is 89.5 Å². The minimum atomic E-state index is -0.833. The zero-order valence-corrected chi connectivity index (χ0v) is 8.68. The monoisotopic (exact) mass is 230 g/mol. The average molecular weight is 230 g/mol. The summed E-state index contributed by atoms with van der Waals surface area (Å²) in [6.45, 7) is 1.08. The number of carboxylic acid groups (broad SMARTS) is 1. The van der Waals surface area contributed by atoms with E-state index in [2.05, 4.69) is 20.7 Å². The Morgan fingerprint density at radius 1 is 1.47 bits per heavy atom. The summed E-state index contributed by atoms with van der Waals surface area (Å²) < 4.78 is 0. The Bertz CT molecular complexity index is 333. The van der Waals surface area contributed by atoms with Crippen LogP contribution in [0.15, 0.2) is 37.5 Å². The number of hydrogen-bond acceptors (Lipinski definition) is 6. The first-order valence-corrected chi connectivity index (χ1v) is 4.66. The molecule has 0 bridgehead atoms. The van der Waals surface area contributed by atoms with Gasteiger partial charge in [0.2, 0.25) is 6.17 Å². The van der Waals surface area contributed by atoms with Crippen molar-refractivity contribution in [2.24, 2.45) is 20.7 Å². The van der Waals surface area contributed by atoms with Crippen molar-refractivity contribution in [1.82, 2.24) is 0 Å². The van der Waals surface area contributed by atoms with Gasteiger partial charge in [0, 0.05) is 12.5 Å². The van der Waals surface area contributed by atoms with E-state index in [1.807, 2.05) is 16.8 Å². The van der Waals surface area contributed by atoms with Crippen molar-refractivity contribution in [1.29, 1.82) is 0 Å². The first kappa shape index (κ1) is 13.3. The summed E-state index contributed by atoms with van der Waals surface area (Å²) in [6, 6.07) is 1.97. The van der Waals surface area contributed by atoms with E-state index in [-0.39, 0.29) is 11.6 Å². The van der Waals surface area contributed by atoms with E-state index in [0.717, 1.165) is 12.5 Å². The van der Waals surface area contributed by atoms with Crippen molar-refractivity contribution in [3.8, 4) is 0 Å². The smallest absolute Gasteiger partial charge is 0.300 e. The van der Waals surface area contributed by atoms with Gasteiger partial charge in [0.25, 0.3) is 5.97 Å². The van der Waals surface area contributed by atoms with E-state index in [4.69, 9.17) is 9.90 Å². The van der Waals surface area contributed by atoms with Crippen LogP contribution >= 0.6 is 11.3 Å². The highest BCUT2D eigenvalue weighted by molar-refractivity contribution is 7.07. The fraction of sp³-hybridized carbons (Fsp3) is 0.286. The second-order valence-electron chi connectivity index (χ2n) is 2.36. The van der Waals surface area contributed by atoms with Crippen LogP contribution in [0.4, 0.5) is 0 Å². The Hall–Kier alpha value is -1.67. The fourth-order valence-corrected chi connectivity index (χ4v) is 1.39. The molecule has 1 aromatic heterocycles. The molecule has 7 nitrogen and oxygen atoms in total. The van der Waals surface area contributed by atoms with E-state index in [1.54, 1.807) is 11.3 Å². The zero-order valence-electron chi connectivity index (χ0n) is 7.86. The normalized spacial score (nSPS) is 12.9. The number of rotatable bonds is 1. The summed E-state index contributed by atoms with van der Waals surface area (Å²) in [4.78, 5) is 9.00. The van der Waals surface area contributed by atoms with Gasteiger partial charge < -0.3 is 10.6 Å². The van der Waals surface area contributed by atoms with Gasteiger partial charge in [-0.15, -0.1) is 10.2 Å². The first-order chi connectivity index (χ1) is 6.70. The van der Waals surface area contributed by atoms with Crippen molar-refractivity contribution in [2.75, 3.05) is 0 Å². The van der Waals surface area contributed by atoms with Gasteiger partial charge in [0.15, 0.2) is 0 Å². The number of hydrogen-bond donors (Lipinski definition) is 1. The summed E-state index contributed by atoms with van der Waals surface area (Å²) in [5.74, 6) is -0.833. The van der Waals surface area contributed by atoms with E-state index in [0.29, 0.717) is 0 Å². The molecule has 0 fully saturated rings. The summed E-state index contributed by atoms with van der Waals surface area (Å²) in [5, 5.41) is 25.8. The van der Waals surface area contributed by atoms with Crippen LogP contribution in [0.3, 0.4) is 0 Å². The molecular formula is C7H10N4O3S. The van der Waals surface area contributed by atoms with Crippen molar-refractivity contribution in [2.45, 2.75) is 13.1 Å². The molecule has 82 valence electrons. The van der Waals surface area contributed by atoms with Gasteiger partial charge in [-0.2, -0.15) is 11.3 Å². The van der Waals surface area contributed by atoms with Crippen LogP contribution in [0.5, 0.6) is 0 Å². The fourth-order valence-electron chi connectivity index (χ4n) is 0.722. The molecule has 1 aliphatic rings. The maximum atomic E-state index is 9.00. The number of nitrogens with zero attached hydrogens (tertiary/aromatic N) is 4. The molecule has 0 unspecified atom stereocenters. The zero-order chi connectivity index (χ0) is 10.4. The lowest BCUT2D eigenvalue weighted by Crippen LogP contribution is -1.81. The molecule has 0 saturated heterocycles. The van der Waals surface area contributed by atoms with Crippen LogP contribution in [0, 0.1) is 0 Å². The first-order valence-electron chi connectivity index (χ1n) is 3.71. The van der Waals surface area contributed by atoms with Crippen LogP contribution in [-0.4, -0.2) is 16.6 Å². The summed E-state index contributed by atoms with van der Waals surface area (Å²) in [7, 11) is 0. The Kier molecular flexibility index (Phi) is 5.99.